The number of phenols is 1. The van der Waals surface area contributed by atoms with Crippen LogP contribution in [0.15, 0.2) is 29.5 Å². The van der Waals surface area contributed by atoms with Crippen LogP contribution in [0, 0.1) is 0 Å². The third-order valence-corrected chi connectivity index (χ3v) is 2.03. The molecular formula is C9H6N4O2. The average Bonchev–Trinajstić information content (AvgIpc) is 2.60. The molecule has 0 bridgehead atoms. The Balaban J connectivity index is 2.66. The molecule has 6 nitrogen and oxygen atoms in total. The molecule has 6 heteroatoms. The van der Waals surface area contributed by atoms with Crippen molar-refractivity contribution in [2.75, 3.05) is 0 Å². The quantitative estimate of drug-likeness (QED) is 0.421. The summed E-state index contributed by atoms with van der Waals surface area (Å²) in [4.78, 5) is 16.6. The van der Waals surface area contributed by atoms with Gasteiger partial charge in [0.05, 0.1) is 0 Å². The molecule has 0 spiro atoms. The van der Waals surface area contributed by atoms with E-state index in [9.17, 15) is 9.90 Å². The molecule has 0 unspecified atom stereocenters. The van der Waals surface area contributed by atoms with Gasteiger partial charge in [0.2, 0.25) is 0 Å². The maximum absolute atomic E-state index is 11.3. The molecule has 0 aliphatic heterocycles. The first-order valence-electron chi connectivity index (χ1n) is 4.12. The largest absolute Gasteiger partial charge is 0.508 e. The van der Waals surface area contributed by atoms with Crippen LogP contribution in [0.3, 0.4) is 0 Å². The van der Waals surface area contributed by atoms with Crippen molar-refractivity contribution in [1.82, 2.24) is 4.98 Å². The fourth-order valence-electron chi connectivity index (χ4n) is 1.38. The molecule has 0 fully saturated rings. The first kappa shape index (κ1) is 9.11. The van der Waals surface area contributed by atoms with Crippen molar-refractivity contribution < 1.29 is 9.90 Å². The SMILES string of the molecule is [N-]=[N+]=NC(=O)c1c[nH]c2ccc(O)cc12. The van der Waals surface area contributed by atoms with E-state index in [2.05, 4.69) is 15.0 Å². The predicted octanol–water partition coefficient (Wildman–Crippen LogP) is 2.32. The number of aromatic hydroxyl groups is 1. The van der Waals surface area contributed by atoms with Gasteiger partial charge in [0.25, 0.3) is 5.91 Å². The van der Waals surface area contributed by atoms with E-state index < -0.39 is 5.91 Å². The normalized spacial score (nSPS) is 9.87. The van der Waals surface area contributed by atoms with E-state index in [1.807, 2.05) is 0 Å². The summed E-state index contributed by atoms with van der Waals surface area (Å²) in [6, 6.07) is 4.57. The van der Waals surface area contributed by atoms with E-state index >= 15 is 0 Å². The lowest BCUT2D eigenvalue weighted by Crippen LogP contribution is -1.90. The van der Waals surface area contributed by atoms with Crippen molar-refractivity contribution in [3.8, 4) is 5.75 Å². The number of carbonyl (C=O) groups excluding carboxylic acids is 1. The van der Waals surface area contributed by atoms with Gasteiger partial charge in [0.15, 0.2) is 0 Å². The Kier molecular flexibility index (Phi) is 2.04. The van der Waals surface area contributed by atoms with Crippen molar-refractivity contribution in [2.24, 2.45) is 5.11 Å². The summed E-state index contributed by atoms with van der Waals surface area (Å²) >= 11 is 0. The highest BCUT2D eigenvalue weighted by atomic mass is 16.3. The van der Waals surface area contributed by atoms with Gasteiger partial charge in [-0.15, -0.1) is 0 Å². The topological polar surface area (TPSA) is 102 Å². The first-order chi connectivity index (χ1) is 7.22. The summed E-state index contributed by atoms with van der Waals surface area (Å²) in [5.74, 6) is -0.619. The summed E-state index contributed by atoms with van der Waals surface area (Å²) < 4.78 is 0. The van der Waals surface area contributed by atoms with Crippen LogP contribution in [0.5, 0.6) is 5.75 Å². The van der Waals surface area contributed by atoms with Crippen LogP contribution in [0.2, 0.25) is 0 Å². The third-order valence-electron chi connectivity index (χ3n) is 2.03. The van der Waals surface area contributed by atoms with Crippen molar-refractivity contribution >= 4 is 16.8 Å². The van der Waals surface area contributed by atoms with Gasteiger partial charge in [0, 0.05) is 27.6 Å². The molecule has 1 aromatic carbocycles. The highest BCUT2D eigenvalue weighted by molar-refractivity contribution is 6.07. The monoisotopic (exact) mass is 202 g/mol. The summed E-state index contributed by atoms with van der Waals surface area (Å²) in [5, 5.41) is 12.8. The van der Waals surface area contributed by atoms with Crippen LogP contribution in [-0.4, -0.2) is 16.0 Å². The molecule has 2 N–H and O–H groups in total. The van der Waals surface area contributed by atoms with Crippen molar-refractivity contribution in [1.29, 1.82) is 0 Å². The number of aromatic nitrogens is 1. The van der Waals surface area contributed by atoms with Crippen LogP contribution < -0.4 is 0 Å². The molecule has 2 rings (SSSR count). The third kappa shape index (κ3) is 1.49. The number of hydrogen-bond acceptors (Lipinski definition) is 2. The molecule has 1 amide bonds. The molecule has 0 atom stereocenters. The summed E-state index contributed by atoms with van der Waals surface area (Å²) in [6.07, 6.45) is 1.45. The molecule has 0 saturated heterocycles. The van der Waals surface area contributed by atoms with E-state index in [1.54, 1.807) is 6.07 Å². The second kappa shape index (κ2) is 3.36. The fourth-order valence-corrected chi connectivity index (χ4v) is 1.38. The number of amides is 1. The zero-order valence-electron chi connectivity index (χ0n) is 7.51. The van der Waals surface area contributed by atoms with Crippen LogP contribution in [0.25, 0.3) is 21.3 Å². The van der Waals surface area contributed by atoms with E-state index in [-0.39, 0.29) is 11.3 Å². The number of nitrogens with one attached hydrogen (secondary N) is 1. The number of fused-ring (bicyclic) bond motifs is 1. The van der Waals surface area contributed by atoms with Gasteiger partial charge in [-0.25, -0.2) is 0 Å². The number of aromatic amines is 1. The van der Waals surface area contributed by atoms with E-state index in [1.165, 1.54) is 18.3 Å². The number of phenolic OH excluding ortho intramolecular Hbond substituents is 1. The number of nitrogens with zero attached hydrogens (tertiary/aromatic N) is 3. The molecule has 0 radical (unpaired) electrons. The Bertz CT molecular complexity index is 581. The zero-order chi connectivity index (χ0) is 10.8. The Morgan fingerprint density at radius 1 is 1.53 bits per heavy atom. The fraction of sp³-hybridized carbons (Fsp3) is 0. The maximum atomic E-state index is 11.3. The molecule has 74 valence electrons. The summed E-state index contributed by atoms with van der Waals surface area (Å²) in [6.45, 7) is 0. The molecule has 0 saturated carbocycles. The average molecular weight is 202 g/mol. The minimum Gasteiger partial charge on any atom is -0.508 e. The highest BCUT2D eigenvalue weighted by Crippen LogP contribution is 2.23. The molecular weight excluding hydrogens is 196 g/mol. The minimum atomic E-state index is -0.672. The van der Waals surface area contributed by atoms with Gasteiger partial charge in [-0.2, -0.15) is 0 Å². The van der Waals surface area contributed by atoms with Crippen LogP contribution in [0.4, 0.5) is 0 Å². The van der Waals surface area contributed by atoms with Gasteiger partial charge in [-0.1, -0.05) is 0 Å². The number of hydrogen-bond donors (Lipinski definition) is 2. The van der Waals surface area contributed by atoms with E-state index in [4.69, 9.17) is 5.53 Å². The van der Waals surface area contributed by atoms with E-state index in [0.717, 1.165) is 0 Å². The lowest BCUT2D eigenvalue weighted by Gasteiger charge is -1.94. The van der Waals surface area contributed by atoms with Crippen LogP contribution in [0.1, 0.15) is 10.4 Å². The molecule has 0 aliphatic rings. The Morgan fingerprint density at radius 3 is 3.07 bits per heavy atom. The van der Waals surface area contributed by atoms with Gasteiger partial charge < -0.3 is 10.1 Å². The molecule has 15 heavy (non-hydrogen) atoms. The number of benzene rings is 1. The predicted molar refractivity (Wildman–Crippen MR) is 53.4 cm³/mol. The lowest BCUT2D eigenvalue weighted by molar-refractivity contribution is 0.100. The molecule has 0 aliphatic carbocycles. The van der Waals surface area contributed by atoms with Crippen molar-refractivity contribution in [3.63, 3.8) is 0 Å². The first-order valence-corrected chi connectivity index (χ1v) is 4.12. The molecule has 1 heterocycles. The van der Waals surface area contributed by atoms with Gasteiger partial charge >= 0.3 is 0 Å². The number of rotatable bonds is 1. The van der Waals surface area contributed by atoms with Crippen molar-refractivity contribution in [2.45, 2.75) is 0 Å². The standard InChI is InChI=1S/C9H6N4O2/c10-13-12-9(15)7-4-11-8-2-1-5(14)3-6(7)8/h1-4,11,14H. The second-order valence-electron chi connectivity index (χ2n) is 2.93. The maximum Gasteiger partial charge on any atom is 0.251 e. The van der Waals surface area contributed by atoms with E-state index in [0.29, 0.717) is 10.9 Å². The Labute approximate surface area is 83.8 Å². The Morgan fingerprint density at radius 2 is 2.33 bits per heavy atom. The lowest BCUT2D eigenvalue weighted by atomic mass is 10.1. The molecule has 2 aromatic rings. The van der Waals surface area contributed by atoms with Crippen molar-refractivity contribution in [3.05, 3.63) is 40.4 Å². The number of carbonyl (C=O) groups is 1. The van der Waals surface area contributed by atoms with Gasteiger partial charge in [-0.05, 0) is 28.8 Å². The minimum absolute atomic E-state index is 0.0529. The van der Waals surface area contributed by atoms with Crippen LogP contribution in [-0.2, 0) is 0 Å². The van der Waals surface area contributed by atoms with Gasteiger partial charge in [0.1, 0.15) is 5.75 Å². The summed E-state index contributed by atoms with van der Waals surface area (Å²) in [7, 11) is 0. The molecule has 1 aromatic heterocycles. The highest BCUT2D eigenvalue weighted by Gasteiger charge is 2.10. The Hall–Kier alpha value is -2.46. The summed E-state index contributed by atoms with van der Waals surface area (Å²) in [5.41, 5.74) is 9.09. The zero-order valence-corrected chi connectivity index (χ0v) is 7.51. The second-order valence-corrected chi connectivity index (χ2v) is 2.93. The van der Waals surface area contributed by atoms with Crippen LogP contribution >= 0.6 is 0 Å². The number of H-pyrrole nitrogens is 1. The number of azide groups is 1. The smallest absolute Gasteiger partial charge is 0.251 e. The van der Waals surface area contributed by atoms with Gasteiger partial charge in [-0.3, -0.25) is 4.79 Å².